The third-order valence-corrected chi connectivity index (χ3v) is 4.34. The maximum absolute atomic E-state index is 12.1. The Kier molecular flexibility index (Phi) is 4.17. The Morgan fingerprint density at radius 3 is 2.95 bits per heavy atom. The molecule has 0 aliphatic carbocycles. The topological polar surface area (TPSA) is 85.8 Å². The number of hydrogen-bond acceptors (Lipinski definition) is 5. The van der Waals surface area contributed by atoms with Gasteiger partial charge in [-0.05, 0) is 18.7 Å². The summed E-state index contributed by atoms with van der Waals surface area (Å²) in [7, 11) is 1.94. The summed E-state index contributed by atoms with van der Waals surface area (Å²) in [6, 6.07) is 7.89. The quantitative estimate of drug-likeness (QED) is 0.746. The number of nitrogens with two attached hydrogens (primary N) is 1. The van der Waals surface area contributed by atoms with Gasteiger partial charge in [0.1, 0.15) is 11.5 Å². The van der Waals surface area contributed by atoms with Gasteiger partial charge in [-0.15, -0.1) is 11.3 Å². The van der Waals surface area contributed by atoms with Crippen LogP contribution in [0.3, 0.4) is 0 Å². The van der Waals surface area contributed by atoms with E-state index in [1.165, 1.54) is 11.3 Å². The number of nitrogens with one attached hydrogen (secondary N) is 1. The largest absolute Gasteiger partial charge is 0.343 e. The molecular formula is C15H17N5OS. The van der Waals surface area contributed by atoms with E-state index in [-0.39, 0.29) is 5.91 Å². The van der Waals surface area contributed by atoms with Crippen LogP contribution in [0.2, 0.25) is 0 Å². The molecule has 7 heteroatoms. The van der Waals surface area contributed by atoms with Crippen molar-refractivity contribution in [3.63, 3.8) is 0 Å². The summed E-state index contributed by atoms with van der Waals surface area (Å²) < 4.78 is 1.98. The zero-order valence-corrected chi connectivity index (χ0v) is 13.1. The van der Waals surface area contributed by atoms with Crippen molar-refractivity contribution in [3.8, 4) is 0 Å². The minimum atomic E-state index is -0.188. The number of imidazole rings is 1. The Morgan fingerprint density at radius 1 is 1.36 bits per heavy atom. The van der Waals surface area contributed by atoms with Gasteiger partial charge >= 0.3 is 0 Å². The van der Waals surface area contributed by atoms with Crippen molar-refractivity contribution in [3.05, 3.63) is 46.2 Å². The highest BCUT2D eigenvalue weighted by Gasteiger charge is 2.12. The highest BCUT2D eigenvalue weighted by molar-refractivity contribution is 7.09. The van der Waals surface area contributed by atoms with Crippen LogP contribution in [0.1, 0.15) is 21.3 Å². The number of fused-ring (bicyclic) bond motifs is 1. The van der Waals surface area contributed by atoms with Gasteiger partial charge in [-0.25, -0.2) is 9.97 Å². The highest BCUT2D eigenvalue weighted by atomic mass is 32.1. The third kappa shape index (κ3) is 2.86. The normalized spacial score (nSPS) is 11.0. The van der Waals surface area contributed by atoms with Crippen LogP contribution in [0.4, 0.5) is 0 Å². The van der Waals surface area contributed by atoms with Crippen molar-refractivity contribution in [1.82, 2.24) is 19.9 Å². The number of nitrogens with zero attached hydrogens (tertiary/aromatic N) is 3. The molecule has 3 rings (SSSR count). The molecule has 0 spiro atoms. The van der Waals surface area contributed by atoms with Crippen LogP contribution in [0.5, 0.6) is 0 Å². The average molecular weight is 315 g/mol. The molecule has 0 radical (unpaired) electrons. The number of para-hydroxylation sites is 2. The zero-order valence-electron chi connectivity index (χ0n) is 12.2. The first-order chi connectivity index (χ1) is 10.7. The predicted molar refractivity (Wildman–Crippen MR) is 86.8 cm³/mol. The summed E-state index contributed by atoms with van der Waals surface area (Å²) in [6.45, 7) is 0.905. The van der Waals surface area contributed by atoms with Crippen LogP contribution >= 0.6 is 11.3 Å². The minimum absolute atomic E-state index is 0.188. The van der Waals surface area contributed by atoms with Crippen molar-refractivity contribution >= 4 is 28.3 Å². The van der Waals surface area contributed by atoms with E-state index in [4.69, 9.17) is 5.73 Å². The van der Waals surface area contributed by atoms with Gasteiger partial charge in [0.15, 0.2) is 0 Å². The van der Waals surface area contributed by atoms with Crippen molar-refractivity contribution < 1.29 is 4.79 Å². The van der Waals surface area contributed by atoms with Crippen molar-refractivity contribution in [2.45, 2.75) is 13.0 Å². The molecule has 3 N–H and O–H groups in total. The van der Waals surface area contributed by atoms with Gasteiger partial charge in [0.2, 0.25) is 0 Å². The lowest BCUT2D eigenvalue weighted by atomic mass is 10.3. The molecule has 0 fully saturated rings. The minimum Gasteiger partial charge on any atom is -0.343 e. The van der Waals surface area contributed by atoms with Gasteiger partial charge < -0.3 is 15.6 Å². The lowest BCUT2D eigenvalue weighted by Gasteiger charge is -2.04. The van der Waals surface area contributed by atoms with Crippen molar-refractivity contribution in [2.24, 2.45) is 12.8 Å². The molecule has 1 aromatic carbocycles. The maximum Gasteiger partial charge on any atom is 0.271 e. The zero-order chi connectivity index (χ0) is 15.5. The number of thiazole rings is 1. The Balaban J connectivity index is 1.70. The van der Waals surface area contributed by atoms with E-state index in [2.05, 4.69) is 15.3 Å². The number of rotatable bonds is 5. The van der Waals surface area contributed by atoms with E-state index in [0.29, 0.717) is 25.2 Å². The van der Waals surface area contributed by atoms with Gasteiger partial charge in [0.25, 0.3) is 5.91 Å². The van der Waals surface area contributed by atoms with Gasteiger partial charge in [-0.1, -0.05) is 12.1 Å². The molecule has 0 aliphatic rings. The SMILES string of the molecule is Cn1c(CNC(=O)c2csc(CCN)n2)nc2ccccc21. The number of carbonyl (C=O) groups is 1. The molecule has 0 saturated heterocycles. The fourth-order valence-electron chi connectivity index (χ4n) is 2.26. The number of aryl methyl sites for hydroxylation is 1. The molecule has 0 unspecified atom stereocenters. The van der Waals surface area contributed by atoms with Crippen LogP contribution in [0.15, 0.2) is 29.6 Å². The Hall–Kier alpha value is -2.25. The third-order valence-electron chi connectivity index (χ3n) is 3.43. The van der Waals surface area contributed by atoms with Gasteiger partial charge in [0, 0.05) is 18.8 Å². The summed E-state index contributed by atoms with van der Waals surface area (Å²) in [6.07, 6.45) is 0.697. The first-order valence-electron chi connectivity index (χ1n) is 7.02. The first-order valence-corrected chi connectivity index (χ1v) is 7.90. The van der Waals surface area contributed by atoms with E-state index in [0.717, 1.165) is 21.9 Å². The second-order valence-corrected chi connectivity index (χ2v) is 5.87. The lowest BCUT2D eigenvalue weighted by Crippen LogP contribution is -2.24. The molecule has 6 nitrogen and oxygen atoms in total. The summed E-state index contributed by atoms with van der Waals surface area (Å²) in [5, 5.41) is 5.51. The van der Waals surface area contributed by atoms with E-state index < -0.39 is 0 Å². The monoisotopic (exact) mass is 315 g/mol. The summed E-state index contributed by atoms with van der Waals surface area (Å²) in [5.41, 5.74) is 7.90. The van der Waals surface area contributed by atoms with E-state index in [9.17, 15) is 4.79 Å². The number of hydrogen-bond donors (Lipinski definition) is 2. The fourth-order valence-corrected chi connectivity index (χ4v) is 3.05. The second-order valence-electron chi connectivity index (χ2n) is 4.92. The van der Waals surface area contributed by atoms with Crippen molar-refractivity contribution in [1.29, 1.82) is 0 Å². The fraction of sp³-hybridized carbons (Fsp3) is 0.267. The molecule has 3 aromatic rings. The molecule has 0 atom stereocenters. The number of aromatic nitrogens is 3. The Labute approximate surface area is 132 Å². The van der Waals surface area contributed by atoms with E-state index in [1.54, 1.807) is 5.38 Å². The number of amides is 1. The standard InChI is InChI=1S/C15H17N5OS/c1-20-12-5-3-2-4-10(12)18-13(20)8-17-15(21)11-9-22-14(19-11)6-7-16/h2-5,9H,6-8,16H2,1H3,(H,17,21). The molecule has 2 aromatic heterocycles. The van der Waals surface area contributed by atoms with Gasteiger partial charge in [-0.2, -0.15) is 0 Å². The summed E-state index contributed by atoms with van der Waals surface area (Å²) in [4.78, 5) is 20.9. The molecule has 0 aliphatic heterocycles. The molecule has 22 heavy (non-hydrogen) atoms. The average Bonchev–Trinajstić information content (AvgIpc) is 3.11. The van der Waals surface area contributed by atoms with Crippen molar-refractivity contribution in [2.75, 3.05) is 6.54 Å². The molecule has 0 bridgehead atoms. The summed E-state index contributed by atoms with van der Waals surface area (Å²) >= 11 is 1.46. The van der Waals surface area contributed by atoms with Gasteiger partial charge in [-0.3, -0.25) is 4.79 Å². The first kappa shape index (κ1) is 14.7. The van der Waals surface area contributed by atoms with Crippen LogP contribution in [0, 0.1) is 0 Å². The van der Waals surface area contributed by atoms with Crippen LogP contribution in [0.25, 0.3) is 11.0 Å². The Morgan fingerprint density at radius 2 is 2.18 bits per heavy atom. The van der Waals surface area contributed by atoms with Crippen LogP contribution < -0.4 is 11.1 Å². The highest BCUT2D eigenvalue weighted by Crippen LogP contribution is 2.14. The van der Waals surface area contributed by atoms with E-state index >= 15 is 0 Å². The lowest BCUT2D eigenvalue weighted by molar-refractivity contribution is 0.0945. The number of carbonyl (C=O) groups excluding carboxylic acids is 1. The molecule has 2 heterocycles. The second kappa shape index (κ2) is 6.25. The number of benzene rings is 1. The van der Waals surface area contributed by atoms with Crippen LogP contribution in [-0.2, 0) is 20.0 Å². The van der Waals surface area contributed by atoms with Crippen LogP contribution in [-0.4, -0.2) is 27.0 Å². The molecule has 0 saturated carbocycles. The molecule has 114 valence electrons. The maximum atomic E-state index is 12.1. The van der Waals surface area contributed by atoms with E-state index in [1.807, 2.05) is 35.9 Å². The molecular weight excluding hydrogens is 298 g/mol. The smallest absolute Gasteiger partial charge is 0.271 e. The Bertz CT molecular complexity index is 807. The predicted octanol–water partition coefficient (Wildman–Crippen LogP) is 1.46. The van der Waals surface area contributed by atoms with Gasteiger partial charge in [0.05, 0.1) is 22.6 Å². The summed E-state index contributed by atoms with van der Waals surface area (Å²) in [5.74, 6) is 0.624. The molecule has 1 amide bonds.